The number of anilines is 1. The SMILES string of the molecule is O=C1Nc2ccc(Br)cc2C1=Nc1ccc(Cc2ccncc2)cc1. The van der Waals surface area contributed by atoms with E-state index in [1.54, 1.807) is 12.4 Å². The number of aromatic nitrogens is 1. The van der Waals surface area contributed by atoms with Gasteiger partial charge in [0.15, 0.2) is 0 Å². The largest absolute Gasteiger partial charge is 0.320 e. The van der Waals surface area contributed by atoms with Gasteiger partial charge in [-0.15, -0.1) is 0 Å². The van der Waals surface area contributed by atoms with Crippen molar-refractivity contribution in [2.75, 3.05) is 5.32 Å². The highest BCUT2D eigenvalue weighted by Crippen LogP contribution is 2.28. The van der Waals surface area contributed by atoms with E-state index in [-0.39, 0.29) is 5.91 Å². The lowest BCUT2D eigenvalue weighted by Gasteiger charge is -2.03. The summed E-state index contributed by atoms with van der Waals surface area (Å²) in [5, 5.41) is 2.84. The molecule has 0 atom stereocenters. The van der Waals surface area contributed by atoms with Crippen LogP contribution in [0.1, 0.15) is 16.7 Å². The van der Waals surface area contributed by atoms with E-state index in [1.165, 1.54) is 11.1 Å². The molecule has 1 aromatic heterocycles. The van der Waals surface area contributed by atoms with Gasteiger partial charge in [-0.1, -0.05) is 28.1 Å². The molecule has 0 saturated carbocycles. The number of halogens is 1. The summed E-state index contributed by atoms with van der Waals surface area (Å²) in [4.78, 5) is 20.8. The van der Waals surface area contributed by atoms with Crippen molar-refractivity contribution < 1.29 is 4.79 Å². The van der Waals surface area contributed by atoms with Crippen LogP contribution in [0, 0.1) is 0 Å². The van der Waals surface area contributed by atoms with Crippen molar-refractivity contribution in [2.24, 2.45) is 4.99 Å². The fourth-order valence-electron chi connectivity index (χ4n) is 2.79. The molecule has 0 spiro atoms. The van der Waals surface area contributed by atoms with Gasteiger partial charge in [-0.25, -0.2) is 4.99 Å². The quantitative estimate of drug-likeness (QED) is 0.713. The van der Waals surface area contributed by atoms with Crippen molar-refractivity contribution in [1.29, 1.82) is 0 Å². The van der Waals surface area contributed by atoms with E-state index in [0.717, 1.165) is 27.8 Å². The third kappa shape index (κ3) is 3.37. The predicted octanol–water partition coefficient (Wildman–Crippen LogP) is 4.51. The fraction of sp³-hybridized carbons (Fsp3) is 0.0500. The Labute approximate surface area is 153 Å². The minimum absolute atomic E-state index is 0.172. The third-order valence-electron chi connectivity index (χ3n) is 4.03. The normalized spacial score (nSPS) is 14.4. The topological polar surface area (TPSA) is 54.4 Å². The molecule has 2 heterocycles. The molecule has 5 heteroatoms. The number of pyridine rings is 1. The monoisotopic (exact) mass is 391 g/mol. The zero-order valence-corrected chi connectivity index (χ0v) is 14.8. The van der Waals surface area contributed by atoms with E-state index in [1.807, 2.05) is 54.6 Å². The number of rotatable bonds is 3. The zero-order chi connectivity index (χ0) is 17.2. The molecule has 25 heavy (non-hydrogen) atoms. The van der Waals surface area contributed by atoms with Gasteiger partial charge in [0.05, 0.1) is 11.4 Å². The highest BCUT2D eigenvalue weighted by atomic mass is 79.9. The van der Waals surface area contributed by atoms with Crippen molar-refractivity contribution >= 4 is 38.9 Å². The summed E-state index contributed by atoms with van der Waals surface area (Å²) in [6.07, 6.45) is 4.43. The molecule has 1 amide bonds. The molecule has 122 valence electrons. The van der Waals surface area contributed by atoms with Gasteiger partial charge >= 0.3 is 0 Å². The first-order valence-electron chi connectivity index (χ1n) is 7.87. The average molecular weight is 392 g/mol. The maximum Gasteiger partial charge on any atom is 0.275 e. The second-order valence-corrected chi connectivity index (χ2v) is 6.72. The number of amides is 1. The van der Waals surface area contributed by atoms with Crippen LogP contribution in [0.2, 0.25) is 0 Å². The molecule has 0 unspecified atom stereocenters. The van der Waals surface area contributed by atoms with Gasteiger partial charge in [-0.3, -0.25) is 9.78 Å². The molecule has 2 aromatic carbocycles. The smallest absolute Gasteiger partial charge is 0.275 e. The molecule has 1 aliphatic rings. The van der Waals surface area contributed by atoms with E-state index >= 15 is 0 Å². The molecular weight excluding hydrogens is 378 g/mol. The minimum atomic E-state index is -0.172. The number of nitrogens with one attached hydrogen (secondary N) is 1. The maximum atomic E-state index is 12.2. The van der Waals surface area contributed by atoms with Gasteiger partial charge in [0.25, 0.3) is 5.91 Å². The summed E-state index contributed by atoms with van der Waals surface area (Å²) in [5.41, 5.74) is 5.22. The molecule has 0 radical (unpaired) electrons. The number of carbonyl (C=O) groups excluding carboxylic acids is 1. The lowest BCUT2D eigenvalue weighted by atomic mass is 10.1. The number of hydrogen-bond donors (Lipinski definition) is 1. The van der Waals surface area contributed by atoms with Crippen LogP contribution in [0.5, 0.6) is 0 Å². The number of fused-ring (bicyclic) bond motifs is 1. The van der Waals surface area contributed by atoms with Gasteiger partial charge in [0.2, 0.25) is 0 Å². The Hall–Kier alpha value is -2.79. The summed E-state index contributed by atoms with van der Waals surface area (Å²) in [5.74, 6) is -0.172. The maximum absolute atomic E-state index is 12.2. The first kappa shape index (κ1) is 15.7. The molecular formula is C20H14BrN3O. The first-order valence-corrected chi connectivity index (χ1v) is 8.66. The summed E-state index contributed by atoms with van der Waals surface area (Å²) in [7, 11) is 0. The van der Waals surface area contributed by atoms with Gasteiger partial charge in [-0.05, 0) is 60.0 Å². The molecule has 0 saturated heterocycles. The van der Waals surface area contributed by atoms with E-state index < -0.39 is 0 Å². The van der Waals surface area contributed by atoms with Crippen LogP contribution in [0.15, 0.2) is 76.5 Å². The standard InChI is InChI=1S/C20H14BrN3O/c21-15-3-6-18-17(12-15)19(20(25)24-18)23-16-4-1-13(2-5-16)11-14-7-9-22-10-8-14/h1-10,12H,11H2,(H,23,24,25). The summed E-state index contributed by atoms with van der Waals surface area (Å²) >= 11 is 3.44. The Balaban J connectivity index is 1.60. The van der Waals surface area contributed by atoms with Crippen molar-refractivity contribution in [3.05, 3.63) is 88.2 Å². The highest BCUT2D eigenvalue weighted by Gasteiger charge is 2.25. The summed E-state index contributed by atoms with van der Waals surface area (Å²) in [6, 6.07) is 17.6. The molecule has 0 fully saturated rings. The van der Waals surface area contributed by atoms with Crippen molar-refractivity contribution in [3.63, 3.8) is 0 Å². The van der Waals surface area contributed by atoms with Crippen molar-refractivity contribution in [3.8, 4) is 0 Å². The second-order valence-electron chi connectivity index (χ2n) is 5.80. The van der Waals surface area contributed by atoms with E-state index in [2.05, 4.69) is 31.2 Å². The molecule has 0 bridgehead atoms. The van der Waals surface area contributed by atoms with Crippen LogP contribution in [-0.2, 0) is 11.2 Å². The second kappa shape index (κ2) is 6.61. The average Bonchev–Trinajstić information content (AvgIpc) is 2.93. The van der Waals surface area contributed by atoms with E-state index in [4.69, 9.17) is 0 Å². The number of aliphatic imine (C=N–C) groups is 1. The lowest BCUT2D eigenvalue weighted by Crippen LogP contribution is -2.13. The Bertz CT molecular complexity index is 966. The van der Waals surface area contributed by atoms with Crippen molar-refractivity contribution in [1.82, 2.24) is 4.98 Å². The Kier molecular flexibility index (Phi) is 4.15. The molecule has 0 aliphatic carbocycles. The first-order chi connectivity index (χ1) is 12.2. The number of carbonyl (C=O) groups is 1. The molecule has 3 aromatic rings. The highest BCUT2D eigenvalue weighted by molar-refractivity contribution is 9.10. The van der Waals surface area contributed by atoms with Gasteiger partial charge in [0.1, 0.15) is 5.71 Å². The number of hydrogen-bond acceptors (Lipinski definition) is 3. The van der Waals surface area contributed by atoms with Crippen LogP contribution in [-0.4, -0.2) is 16.6 Å². The van der Waals surface area contributed by atoms with Crippen LogP contribution in [0.4, 0.5) is 11.4 Å². The van der Waals surface area contributed by atoms with E-state index in [9.17, 15) is 4.79 Å². The fourth-order valence-corrected chi connectivity index (χ4v) is 3.15. The summed E-state index contributed by atoms with van der Waals surface area (Å²) in [6.45, 7) is 0. The van der Waals surface area contributed by atoms with Crippen LogP contribution >= 0.6 is 15.9 Å². The minimum Gasteiger partial charge on any atom is -0.320 e. The Morgan fingerprint density at radius 2 is 1.68 bits per heavy atom. The molecule has 4 rings (SSSR count). The van der Waals surface area contributed by atoms with E-state index in [0.29, 0.717) is 5.71 Å². The van der Waals surface area contributed by atoms with Gasteiger partial charge in [0, 0.05) is 22.4 Å². The number of nitrogens with zero attached hydrogens (tertiary/aromatic N) is 2. The van der Waals surface area contributed by atoms with Gasteiger partial charge in [-0.2, -0.15) is 0 Å². The molecule has 4 nitrogen and oxygen atoms in total. The summed E-state index contributed by atoms with van der Waals surface area (Å²) < 4.78 is 0.920. The Morgan fingerprint density at radius 3 is 2.44 bits per heavy atom. The van der Waals surface area contributed by atoms with Crippen LogP contribution < -0.4 is 5.32 Å². The number of benzene rings is 2. The molecule has 1 aliphatic heterocycles. The lowest BCUT2D eigenvalue weighted by molar-refractivity contribution is -0.110. The van der Waals surface area contributed by atoms with Crippen LogP contribution in [0.3, 0.4) is 0 Å². The molecule has 1 N–H and O–H groups in total. The zero-order valence-electron chi connectivity index (χ0n) is 13.2. The van der Waals surface area contributed by atoms with Crippen molar-refractivity contribution in [2.45, 2.75) is 6.42 Å². The van der Waals surface area contributed by atoms with Crippen LogP contribution in [0.25, 0.3) is 0 Å². The third-order valence-corrected chi connectivity index (χ3v) is 4.53. The predicted molar refractivity (Wildman–Crippen MR) is 102 cm³/mol. The Morgan fingerprint density at radius 1 is 0.960 bits per heavy atom. The van der Waals surface area contributed by atoms with Gasteiger partial charge < -0.3 is 5.32 Å².